The molecular weight excluding hydrogens is 332 g/mol. The van der Waals surface area contributed by atoms with Gasteiger partial charge >= 0.3 is 0 Å². The van der Waals surface area contributed by atoms with Gasteiger partial charge in [0.25, 0.3) is 20.2 Å². The Hall–Kier alpha value is -1.40. The molecule has 0 heterocycles. The molecule has 0 amide bonds. The molecule has 0 aliphatic rings. The quantitative estimate of drug-likeness (QED) is 0.260. The number of carboxylic acids is 2. The van der Waals surface area contributed by atoms with E-state index in [1.54, 1.807) is 0 Å². The number of aliphatic carboxylic acids is 2. The average Bonchev–Trinajstić information content (AvgIpc) is 2.13. The Morgan fingerprint density at radius 2 is 0.900 bits per heavy atom. The third-order valence-corrected chi connectivity index (χ3v) is 2.48. The largest absolute Gasteiger partial charge is 0.546 e. The second kappa shape index (κ2) is 9.50. The van der Waals surface area contributed by atoms with E-state index in [1.165, 1.54) is 0 Å². The summed E-state index contributed by atoms with van der Waals surface area (Å²) in [5, 5.41) is 34.8. The monoisotopic (exact) mass is 346 g/mol. The topological polar surface area (TPSA) is 302 Å². The van der Waals surface area contributed by atoms with Gasteiger partial charge in [-0.3, -0.25) is 9.11 Å². The van der Waals surface area contributed by atoms with Crippen molar-refractivity contribution in [1.29, 1.82) is 0 Å². The van der Waals surface area contributed by atoms with Crippen molar-refractivity contribution in [1.82, 2.24) is 12.3 Å². The minimum Gasteiger partial charge on any atom is -0.546 e. The molecule has 0 aromatic rings. The van der Waals surface area contributed by atoms with Gasteiger partial charge in [-0.15, -0.1) is 0 Å². The first-order chi connectivity index (χ1) is 7.71. The van der Waals surface area contributed by atoms with E-state index in [0.717, 1.165) is 0 Å². The molecule has 0 bridgehead atoms. The van der Waals surface area contributed by atoms with Crippen LogP contribution >= 0.6 is 0 Å². The summed E-state index contributed by atoms with van der Waals surface area (Å²) in [4.78, 5) is 18.9. The normalized spacial score (nSPS) is 13.4. The maximum absolute atomic E-state index is 9.66. The number of carbonyl (C=O) groups excluding carboxylic acids is 2. The lowest BCUT2D eigenvalue weighted by atomic mass is 10.7. The van der Waals surface area contributed by atoms with E-state index >= 15 is 0 Å². The molecule has 0 saturated heterocycles. The predicted molar refractivity (Wildman–Crippen MR) is 57.1 cm³/mol. The van der Waals surface area contributed by atoms with Gasteiger partial charge in [-0.25, -0.2) is 0 Å². The van der Waals surface area contributed by atoms with Crippen LogP contribution in [0.3, 0.4) is 0 Å². The first-order valence-corrected chi connectivity index (χ1v) is 6.42. The van der Waals surface area contributed by atoms with Crippen LogP contribution in [-0.2, 0) is 29.8 Å². The van der Waals surface area contributed by atoms with E-state index in [-0.39, 0.29) is 12.3 Å². The van der Waals surface area contributed by atoms with Crippen LogP contribution in [-0.4, -0.2) is 59.0 Å². The van der Waals surface area contributed by atoms with Crippen LogP contribution in [0.2, 0.25) is 0 Å². The van der Waals surface area contributed by atoms with Crippen molar-refractivity contribution in [3.8, 4) is 0 Å². The van der Waals surface area contributed by atoms with Gasteiger partial charge in [0.15, 0.2) is 0 Å². The van der Waals surface area contributed by atoms with Crippen molar-refractivity contribution in [2.75, 3.05) is 0 Å². The van der Waals surface area contributed by atoms with Gasteiger partial charge in [-0.05, 0) is 0 Å². The standard InChI is InChI=1S/2C2H4O6S.2H3N/c2*3-1(4)2(5)9(6,7)8;;/h2*2,5H,(H,3,4)(H,6,7,8);2*1H3. The van der Waals surface area contributed by atoms with Gasteiger partial charge in [-0.1, -0.05) is 0 Å². The molecule has 14 nitrogen and oxygen atoms in total. The van der Waals surface area contributed by atoms with Gasteiger partial charge in [0.1, 0.15) is 0 Å². The number of quaternary nitrogens is 2. The number of aliphatic hydroxyl groups excluding tert-OH is 2. The fourth-order valence-corrected chi connectivity index (χ4v) is 0.730. The Kier molecular flexibility index (Phi) is 12.8. The smallest absolute Gasteiger partial charge is 0.297 e. The van der Waals surface area contributed by atoms with Crippen LogP contribution in [0.15, 0.2) is 0 Å². The van der Waals surface area contributed by atoms with Gasteiger partial charge in [0.05, 0.1) is 11.9 Å². The van der Waals surface area contributed by atoms with Gasteiger partial charge in [0.2, 0.25) is 10.9 Å². The Bertz CT molecular complexity index is 460. The molecule has 0 radical (unpaired) electrons. The third kappa shape index (κ3) is 11.7. The zero-order chi connectivity index (χ0) is 15.3. The summed E-state index contributed by atoms with van der Waals surface area (Å²) in [6, 6.07) is 0. The fourth-order valence-electron chi connectivity index (χ4n) is 0.243. The number of hydrogen-bond acceptors (Lipinski definition) is 10. The molecule has 124 valence electrons. The predicted octanol–water partition coefficient (Wildman–Crippen LogP) is -5.36. The summed E-state index contributed by atoms with van der Waals surface area (Å²) in [6.07, 6.45) is 0. The van der Waals surface area contributed by atoms with Gasteiger partial charge < -0.3 is 42.3 Å². The molecule has 0 aromatic carbocycles. The molecule has 12 N–H and O–H groups in total. The zero-order valence-electron chi connectivity index (χ0n) is 10.0. The zero-order valence-corrected chi connectivity index (χ0v) is 11.7. The molecule has 0 rings (SSSR count). The van der Waals surface area contributed by atoms with E-state index in [9.17, 15) is 36.6 Å². The van der Waals surface area contributed by atoms with E-state index in [4.69, 9.17) is 19.3 Å². The van der Waals surface area contributed by atoms with E-state index in [1.807, 2.05) is 0 Å². The van der Waals surface area contributed by atoms with Crippen molar-refractivity contribution in [3.05, 3.63) is 0 Å². The fraction of sp³-hybridized carbons (Fsp3) is 0.500. The Labute approximate surface area is 112 Å². The number of aliphatic hydroxyl groups is 2. The molecule has 0 aliphatic heterocycles. The lowest BCUT2D eigenvalue weighted by Gasteiger charge is -2.05. The molecule has 16 heteroatoms. The Morgan fingerprint density at radius 3 is 0.900 bits per heavy atom. The molecule has 0 aromatic heterocycles. The molecule has 2 atom stereocenters. The van der Waals surface area contributed by atoms with Crippen molar-refractivity contribution in [2.24, 2.45) is 0 Å². The summed E-state index contributed by atoms with van der Waals surface area (Å²) in [7, 11) is -9.82. The molecule has 0 fully saturated rings. The Balaban J connectivity index is -0.000000116. The SMILES string of the molecule is O=C([O-])C(O)S(=O)(=O)O.O=C([O-])C(O)S(=O)(=O)O.[NH4+].[NH4+]. The van der Waals surface area contributed by atoms with Crippen LogP contribution in [0.1, 0.15) is 0 Å². The summed E-state index contributed by atoms with van der Waals surface area (Å²) < 4.78 is 54.1. The minimum atomic E-state index is -4.91. The molecule has 20 heavy (non-hydrogen) atoms. The van der Waals surface area contributed by atoms with Crippen molar-refractivity contribution >= 4 is 32.2 Å². The highest BCUT2D eigenvalue weighted by atomic mass is 32.2. The number of rotatable bonds is 4. The molecule has 0 aliphatic carbocycles. The van der Waals surface area contributed by atoms with Crippen LogP contribution in [0.5, 0.6) is 0 Å². The Morgan fingerprint density at radius 1 is 0.750 bits per heavy atom. The summed E-state index contributed by atoms with van der Waals surface area (Å²) >= 11 is 0. The molecular formula is C4H14N2O12S2. The van der Waals surface area contributed by atoms with E-state index in [0.29, 0.717) is 0 Å². The average molecular weight is 346 g/mol. The third-order valence-electron chi connectivity index (χ3n) is 0.968. The lowest BCUT2D eigenvalue weighted by Crippen LogP contribution is -2.40. The van der Waals surface area contributed by atoms with Crippen molar-refractivity contribution < 1.29 is 56.0 Å². The second-order valence-corrected chi connectivity index (χ2v) is 5.33. The van der Waals surface area contributed by atoms with E-state index < -0.39 is 43.0 Å². The van der Waals surface area contributed by atoms with Crippen molar-refractivity contribution in [3.63, 3.8) is 0 Å². The van der Waals surface area contributed by atoms with Crippen molar-refractivity contribution in [2.45, 2.75) is 10.9 Å². The summed E-state index contributed by atoms with van der Waals surface area (Å²) in [5.41, 5.74) is -5.70. The lowest BCUT2D eigenvalue weighted by molar-refractivity contribution is -0.312. The summed E-state index contributed by atoms with van der Waals surface area (Å²) in [5.74, 6) is -4.50. The number of carboxylic acid groups (broad SMARTS) is 2. The first kappa shape index (κ1) is 27.0. The van der Waals surface area contributed by atoms with Crippen LogP contribution < -0.4 is 22.5 Å². The highest BCUT2D eigenvalue weighted by molar-refractivity contribution is 7.87. The van der Waals surface area contributed by atoms with Crippen LogP contribution in [0.25, 0.3) is 0 Å². The van der Waals surface area contributed by atoms with Gasteiger partial charge in [-0.2, -0.15) is 16.8 Å². The minimum absolute atomic E-state index is 0. The van der Waals surface area contributed by atoms with E-state index in [2.05, 4.69) is 0 Å². The maximum Gasteiger partial charge on any atom is 0.297 e. The summed E-state index contributed by atoms with van der Waals surface area (Å²) in [6.45, 7) is 0. The molecule has 0 saturated carbocycles. The number of carbonyl (C=O) groups is 2. The highest BCUT2D eigenvalue weighted by Crippen LogP contribution is 1.90. The highest BCUT2D eigenvalue weighted by Gasteiger charge is 2.20. The second-order valence-electron chi connectivity index (χ2n) is 2.37. The molecule has 2 unspecified atom stereocenters. The van der Waals surface area contributed by atoms with Gasteiger partial charge in [0, 0.05) is 0 Å². The molecule has 0 spiro atoms. The van der Waals surface area contributed by atoms with Crippen LogP contribution in [0, 0.1) is 0 Å². The number of hydrogen-bond donors (Lipinski definition) is 6. The van der Waals surface area contributed by atoms with Crippen LogP contribution in [0.4, 0.5) is 0 Å². The maximum atomic E-state index is 9.66. The first-order valence-electron chi connectivity index (χ1n) is 3.41.